The van der Waals surface area contributed by atoms with Crippen LogP contribution in [0.4, 0.5) is 18.9 Å². The topological polar surface area (TPSA) is 46.3 Å². The maximum atomic E-state index is 12.5. The maximum Gasteiger partial charge on any atom is 0.471 e. The van der Waals surface area contributed by atoms with Crippen molar-refractivity contribution in [2.24, 2.45) is 0 Å². The molecule has 0 spiro atoms. The number of alkyl halides is 3. The number of fused-ring (bicyclic) bond motifs is 1. The van der Waals surface area contributed by atoms with Gasteiger partial charge in [-0.05, 0) is 36.4 Å². The molecule has 0 aliphatic heterocycles. The Morgan fingerprint density at radius 3 is 2.46 bits per heavy atom. The van der Waals surface area contributed by atoms with Gasteiger partial charge in [0, 0.05) is 29.4 Å². The van der Waals surface area contributed by atoms with Crippen LogP contribution in [0, 0.1) is 0 Å². The van der Waals surface area contributed by atoms with E-state index >= 15 is 0 Å². The predicted octanol–water partition coefficient (Wildman–Crippen LogP) is 4.67. The first kappa shape index (κ1) is 16.3. The van der Waals surface area contributed by atoms with Crippen LogP contribution in [0.5, 0.6) is 0 Å². The van der Waals surface area contributed by atoms with Gasteiger partial charge in [-0.1, -0.05) is 11.6 Å². The largest absolute Gasteiger partial charge is 0.471 e. The SMILES string of the molecule is CN(C(=O)C(F)(F)F)c1ccc2nc(-c3ccc(Cl)cc3)oc2c1. The van der Waals surface area contributed by atoms with Crippen LogP contribution in [0.25, 0.3) is 22.6 Å². The van der Waals surface area contributed by atoms with Crippen LogP contribution in [-0.4, -0.2) is 24.1 Å². The number of anilines is 1. The minimum Gasteiger partial charge on any atom is -0.436 e. The number of oxazole rings is 1. The molecule has 0 unspecified atom stereocenters. The maximum absolute atomic E-state index is 12.5. The molecule has 24 heavy (non-hydrogen) atoms. The number of hydrogen-bond donors (Lipinski definition) is 0. The summed E-state index contributed by atoms with van der Waals surface area (Å²) in [5.74, 6) is -1.65. The third kappa shape index (κ3) is 3.07. The quantitative estimate of drug-likeness (QED) is 0.671. The smallest absolute Gasteiger partial charge is 0.436 e. The molecule has 8 heteroatoms. The van der Waals surface area contributed by atoms with E-state index in [0.29, 0.717) is 26.9 Å². The van der Waals surface area contributed by atoms with Crippen LogP contribution < -0.4 is 4.90 Å². The van der Waals surface area contributed by atoms with Crippen molar-refractivity contribution in [3.63, 3.8) is 0 Å². The molecule has 0 fully saturated rings. The fraction of sp³-hybridized carbons (Fsp3) is 0.125. The molecule has 3 aromatic rings. The van der Waals surface area contributed by atoms with Crippen molar-refractivity contribution in [3.8, 4) is 11.5 Å². The van der Waals surface area contributed by atoms with Crippen molar-refractivity contribution in [1.82, 2.24) is 4.98 Å². The van der Waals surface area contributed by atoms with Gasteiger partial charge in [0.05, 0.1) is 0 Å². The molecule has 0 bridgehead atoms. The predicted molar refractivity (Wildman–Crippen MR) is 83.9 cm³/mol. The highest BCUT2D eigenvalue weighted by atomic mass is 35.5. The molecule has 1 heterocycles. The van der Waals surface area contributed by atoms with Crippen LogP contribution in [-0.2, 0) is 4.79 Å². The molecular formula is C16H10ClF3N2O2. The van der Waals surface area contributed by atoms with E-state index in [1.165, 1.54) is 18.2 Å². The van der Waals surface area contributed by atoms with Gasteiger partial charge in [0.1, 0.15) is 5.52 Å². The van der Waals surface area contributed by atoms with Crippen LogP contribution in [0.3, 0.4) is 0 Å². The summed E-state index contributed by atoms with van der Waals surface area (Å²) >= 11 is 5.82. The number of rotatable bonds is 2. The molecule has 0 N–H and O–H groups in total. The average molecular weight is 355 g/mol. The highest BCUT2D eigenvalue weighted by Gasteiger charge is 2.41. The monoisotopic (exact) mass is 354 g/mol. The van der Waals surface area contributed by atoms with E-state index in [1.807, 2.05) is 0 Å². The van der Waals surface area contributed by atoms with Crippen molar-refractivity contribution in [2.45, 2.75) is 6.18 Å². The lowest BCUT2D eigenvalue weighted by Crippen LogP contribution is -2.38. The average Bonchev–Trinajstić information content (AvgIpc) is 2.96. The molecule has 0 saturated heterocycles. The lowest BCUT2D eigenvalue weighted by atomic mass is 10.2. The number of amides is 1. The second-order valence-electron chi connectivity index (χ2n) is 5.04. The van der Waals surface area contributed by atoms with Gasteiger partial charge in [-0.2, -0.15) is 13.2 Å². The molecule has 0 radical (unpaired) electrons. The van der Waals surface area contributed by atoms with E-state index < -0.39 is 12.1 Å². The van der Waals surface area contributed by atoms with E-state index in [9.17, 15) is 18.0 Å². The van der Waals surface area contributed by atoms with Gasteiger partial charge in [-0.15, -0.1) is 0 Å². The molecule has 4 nitrogen and oxygen atoms in total. The van der Waals surface area contributed by atoms with E-state index in [2.05, 4.69) is 4.98 Å². The zero-order valence-electron chi connectivity index (χ0n) is 12.3. The number of halogens is 4. The van der Waals surface area contributed by atoms with Crippen molar-refractivity contribution in [3.05, 3.63) is 47.5 Å². The molecule has 2 aromatic carbocycles. The van der Waals surface area contributed by atoms with Gasteiger partial charge in [0.15, 0.2) is 5.58 Å². The van der Waals surface area contributed by atoms with Crippen LogP contribution in [0.15, 0.2) is 46.9 Å². The van der Waals surface area contributed by atoms with Crippen molar-refractivity contribution in [2.75, 3.05) is 11.9 Å². The van der Waals surface area contributed by atoms with Crippen molar-refractivity contribution in [1.29, 1.82) is 0 Å². The van der Waals surface area contributed by atoms with Gasteiger partial charge in [0.25, 0.3) is 0 Å². The minimum atomic E-state index is -4.94. The van der Waals surface area contributed by atoms with E-state index in [0.717, 1.165) is 7.05 Å². The Kier molecular flexibility index (Phi) is 3.96. The highest BCUT2D eigenvalue weighted by molar-refractivity contribution is 6.30. The second-order valence-corrected chi connectivity index (χ2v) is 5.48. The van der Waals surface area contributed by atoms with Gasteiger partial charge in [-0.3, -0.25) is 4.79 Å². The third-order valence-electron chi connectivity index (χ3n) is 3.40. The van der Waals surface area contributed by atoms with Crippen LogP contribution in [0.1, 0.15) is 0 Å². The Morgan fingerprint density at radius 1 is 1.17 bits per heavy atom. The normalized spacial score (nSPS) is 11.7. The number of aromatic nitrogens is 1. The van der Waals surface area contributed by atoms with Crippen molar-refractivity contribution < 1.29 is 22.4 Å². The summed E-state index contributed by atoms with van der Waals surface area (Å²) in [6.07, 6.45) is -4.94. The van der Waals surface area contributed by atoms with E-state index in [4.69, 9.17) is 16.0 Å². The summed E-state index contributed by atoms with van der Waals surface area (Å²) in [4.78, 5) is 16.1. The van der Waals surface area contributed by atoms with Gasteiger partial charge in [0.2, 0.25) is 5.89 Å². The zero-order valence-corrected chi connectivity index (χ0v) is 13.0. The molecule has 0 aliphatic carbocycles. The van der Waals surface area contributed by atoms with Gasteiger partial charge >= 0.3 is 12.1 Å². The summed E-state index contributed by atoms with van der Waals surface area (Å²) in [6.45, 7) is 0. The second kappa shape index (κ2) is 5.83. The third-order valence-corrected chi connectivity index (χ3v) is 3.65. The first-order valence-corrected chi connectivity index (χ1v) is 7.15. The fourth-order valence-electron chi connectivity index (χ4n) is 2.15. The standard InChI is InChI=1S/C16H10ClF3N2O2/c1-22(15(23)16(18,19)20)11-6-7-12-13(8-11)24-14(21-12)9-2-4-10(17)5-3-9/h2-8H,1H3. The number of carbonyl (C=O) groups is 1. The number of carbonyl (C=O) groups excluding carboxylic acids is 1. The molecule has 0 aliphatic rings. The van der Waals surface area contributed by atoms with Crippen LogP contribution >= 0.6 is 11.6 Å². The summed E-state index contributed by atoms with van der Waals surface area (Å²) in [5, 5.41) is 0.560. The number of nitrogens with zero attached hydrogens (tertiary/aromatic N) is 2. The molecule has 1 amide bonds. The van der Waals surface area contributed by atoms with E-state index in [1.54, 1.807) is 24.3 Å². The first-order valence-electron chi connectivity index (χ1n) is 6.77. The van der Waals surface area contributed by atoms with Gasteiger partial charge in [-0.25, -0.2) is 4.98 Å². The van der Waals surface area contributed by atoms with Crippen molar-refractivity contribution >= 4 is 34.3 Å². The summed E-state index contributed by atoms with van der Waals surface area (Å²) < 4.78 is 43.1. The number of benzene rings is 2. The minimum absolute atomic E-state index is 0.0589. The molecule has 3 rings (SSSR count). The number of hydrogen-bond acceptors (Lipinski definition) is 3. The zero-order chi connectivity index (χ0) is 17.5. The lowest BCUT2D eigenvalue weighted by Gasteiger charge is -2.18. The van der Waals surface area contributed by atoms with Crippen LogP contribution in [0.2, 0.25) is 5.02 Å². The Hall–Kier alpha value is -2.54. The Balaban J connectivity index is 1.97. The summed E-state index contributed by atoms with van der Waals surface area (Å²) in [6, 6.07) is 11.0. The Bertz CT molecular complexity index is 904. The molecular weight excluding hydrogens is 345 g/mol. The summed E-state index contributed by atoms with van der Waals surface area (Å²) in [5.41, 5.74) is 1.48. The Morgan fingerprint density at radius 2 is 1.83 bits per heavy atom. The van der Waals surface area contributed by atoms with E-state index in [-0.39, 0.29) is 11.3 Å². The Labute approximate surface area is 139 Å². The highest BCUT2D eigenvalue weighted by Crippen LogP contribution is 2.29. The molecule has 124 valence electrons. The fourth-order valence-corrected chi connectivity index (χ4v) is 2.27. The summed E-state index contributed by atoms with van der Waals surface area (Å²) in [7, 11) is 1.05. The molecule has 0 saturated carbocycles. The molecule has 1 aromatic heterocycles. The van der Waals surface area contributed by atoms with Gasteiger partial charge < -0.3 is 9.32 Å². The molecule has 0 atom stereocenters. The lowest BCUT2D eigenvalue weighted by molar-refractivity contribution is -0.170. The first-order chi connectivity index (χ1) is 11.3.